The van der Waals surface area contributed by atoms with Crippen LogP contribution in [0.15, 0.2) is 27.8 Å². The number of carbonyl (C=O) groups is 6. The normalized spacial score (nSPS) is 23.9. The Morgan fingerprint density at radius 3 is 2.44 bits per heavy atom. The molecular formula is C28H29ClN8O11S2. The third-order valence-electron chi connectivity index (χ3n) is 8.12. The number of thioether (sulfide) groups is 1. The topological polar surface area (TPSA) is 292 Å². The first kappa shape index (κ1) is 36.1. The molecule has 266 valence electrons. The van der Waals surface area contributed by atoms with Crippen LogP contribution in [0, 0.1) is 5.92 Å². The van der Waals surface area contributed by atoms with Crippen molar-refractivity contribution in [2.75, 3.05) is 18.8 Å². The van der Waals surface area contributed by atoms with E-state index in [0.717, 1.165) is 45.1 Å². The lowest BCUT2D eigenvalue weighted by atomic mass is 9.90. The molecule has 0 unspecified atom stereocenters. The Bertz CT molecular complexity index is 1900. The SMILES string of the molecule is C[C@@H]1CN([C@@]2(C(=O)O)CN3C(=O)[C@@H](CC(=O)/C(=N\OC(C)(C)C(=O)O)c4csc(N)n4)[C@H]3S2)C(=O)N1/N=C(\C(N)=O)c1ccc(O)c(O)c1Cl. The number of aliphatic carboxylic acids is 2. The van der Waals surface area contributed by atoms with Crippen molar-refractivity contribution in [2.45, 2.75) is 49.1 Å². The number of oxime groups is 1. The number of hydrogen-bond acceptors (Lipinski definition) is 15. The fraction of sp³-hybridized carbons (Fsp3) is 0.393. The van der Waals surface area contributed by atoms with Gasteiger partial charge >= 0.3 is 18.0 Å². The highest BCUT2D eigenvalue weighted by molar-refractivity contribution is 8.02. The quantitative estimate of drug-likeness (QED) is 0.0752. The fourth-order valence-electron chi connectivity index (χ4n) is 5.34. The average Bonchev–Trinajstić information content (AvgIpc) is 3.72. The van der Waals surface area contributed by atoms with Gasteiger partial charge < -0.3 is 41.6 Å². The summed E-state index contributed by atoms with van der Waals surface area (Å²) in [6, 6.07) is 0.380. The summed E-state index contributed by atoms with van der Waals surface area (Å²) in [7, 11) is 0. The van der Waals surface area contributed by atoms with E-state index in [1.807, 2.05) is 0 Å². The number of nitrogens with two attached hydrogens (primary N) is 2. The number of phenolic OH excluding ortho intramolecular Hbond substituents is 2. The first-order chi connectivity index (χ1) is 23.3. The zero-order valence-electron chi connectivity index (χ0n) is 26.3. The van der Waals surface area contributed by atoms with Gasteiger partial charge in [0.1, 0.15) is 5.69 Å². The summed E-state index contributed by atoms with van der Waals surface area (Å²) in [5.41, 5.74) is 8.21. The molecule has 0 bridgehead atoms. The molecule has 5 rings (SSSR count). The molecule has 4 heterocycles. The molecule has 22 heteroatoms. The molecule has 19 nitrogen and oxygen atoms in total. The van der Waals surface area contributed by atoms with E-state index in [1.165, 1.54) is 31.1 Å². The number of rotatable bonds is 12. The number of hydrazone groups is 1. The Kier molecular flexibility index (Phi) is 9.36. The molecular weight excluding hydrogens is 724 g/mol. The number of fused-ring (bicyclic) bond motifs is 1. The maximum Gasteiger partial charge on any atom is 0.350 e. The second-order valence-corrected chi connectivity index (χ2v) is 14.6. The zero-order valence-corrected chi connectivity index (χ0v) is 28.7. The minimum absolute atomic E-state index is 0.0160. The fourth-order valence-corrected chi connectivity index (χ4v) is 7.81. The first-order valence-electron chi connectivity index (χ1n) is 14.5. The highest BCUT2D eigenvalue weighted by Gasteiger charge is 2.66. The van der Waals surface area contributed by atoms with Crippen LogP contribution in [0.5, 0.6) is 11.5 Å². The molecule has 3 fully saturated rings. The Labute approximate surface area is 295 Å². The summed E-state index contributed by atoms with van der Waals surface area (Å²) in [6.45, 7) is 3.27. The van der Waals surface area contributed by atoms with Crippen LogP contribution in [0.4, 0.5) is 9.93 Å². The van der Waals surface area contributed by atoms with Gasteiger partial charge in [0, 0.05) is 23.9 Å². The van der Waals surface area contributed by atoms with E-state index in [4.69, 9.17) is 27.9 Å². The second kappa shape index (κ2) is 12.9. The Balaban J connectivity index is 1.40. The van der Waals surface area contributed by atoms with Gasteiger partial charge in [-0.05, 0) is 32.9 Å². The monoisotopic (exact) mass is 752 g/mol. The van der Waals surface area contributed by atoms with E-state index >= 15 is 0 Å². The predicted molar refractivity (Wildman–Crippen MR) is 176 cm³/mol. The third-order valence-corrected chi connectivity index (χ3v) is 10.9. The summed E-state index contributed by atoms with van der Waals surface area (Å²) in [5, 5.41) is 48.4. The van der Waals surface area contributed by atoms with Crippen molar-refractivity contribution < 1.29 is 54.0 Å². The van der Waals surface area contributed by atoms with Crippen LogP contribution < -0.4 is 11.5 Å². The van der Waals surface area contributed by atoms with E-state index in [9.17, 15) is 49.2 Å². The molecule has 8 N–H and O–H groups in total. The smallest absolute Gasteiger partial charge is 0.350 e. The first-order valence-corrected chi connectivity index (χ1v) is 16.6. The number of β-lactam (4-membered cyclic amide) rings is 1. The summed E-state index contributed by atoms with van der Waals surface area (Å²) in [6.07, 6.45) is -0.487. The van der Waals surface area contributed by atoms with Gasteiger partial charge in [-0.15, -0.1) is 11.3 Å². The number of hydrogen-bond donors (Lipinski definition) is 6. The number of aromatic hydroxyl groups is 2. The number of halogens is 1. The highest BCUT2D eigenvalue weighted by Crippen LogP contribution is 2.53. The van der Waals surface area contributed by atoms with Crippen LogP contribution in [0.3, 0.4) is 0 Å². The number of carboxylic acids is 2. The van der Waals surface area contributed by atoms with Gasteiger partial charge in [0.15, 0.2) is 33.8 Å². The molecule has 1 aromatic carbocycles. The molecule has 0 spiro atoms. The van der Waals surface area contributed by atoms with Gasteiger partial charge in [-0.3, -0.25) is 19.3 Å². The molecule has 2 aromatic rings. The van der Waals surface area contributed by atoms with Crippen molar-refractivity contribution in [1.29, 1.82) is 0 Å². The number of aromatic nitrogens is 1. The van der Waals surface area contributed by atoms with Crippen LogP contribution >= 0.6 is 34.7 Å². The van der Waals surface area contributed by atoms with Gasteiger partial charge in [-0.1, -0.05) is 28.5 Å². The molecule has 0 aliphatic carbocycles. The number of carboxylic acid groups (broad SMARTS) is 2. The van der Waals surface area contributed by atoms with E-state index in [1.54, 1.807) is 0 Å². The molecule has 3 saturated heterocycles. The molecule has 3 aliphatic heterocycles. The number of urea groups is 1. The number of Topliss-reactive ketones (excluding diaryl/α,β-unsaturated/α-hetero) is 1. The minimum Gasteiger partial charge on any atom is -0.504 e. The highest BCUT2D eigenvalue weighted by atomic mass is 35.5. The lowest BCUT2D eigenvalue weighted by Crippen LogP contribution is -2.59. The third kappa shape index (κ3) is 6.11. The van der Waals surface area contributed by atoms with Gasteiger partial charge in [0.05, 0.1) is 28.9 Å². The minimum atomic E-state index is -2.04. The standard InChI is InChI=1S/C28H29ClN8O11S2/c1-10-7-36(26(47)37(10)33-17(20(30)41)11-4-5-14(38)19(40)16(11)29)28(24(45)46)9-35-21(42)12(22(35)50-28)6-15(39)18(13-8-49-25(31)32-13)34-48-27(2,3)23(43)44/h4-5,8,10,12,22,38,40H,6-7,9H2,1-3H3,(H2,30,41)(H2,31,32)(H,43,44)(H,45,46)/b33-17-,34-18-/t10-,12-,22-,28+/m1/s1. The van der Waals surface area contributed by atoms with Gasteiger partial charge in [0.2, 0.25) is 16.4 Å². The Morgan fingerprint density at radius 2 is 1.86 bits per heavy atom. The van der Waals surface area contributed by atoms with Crippen molar-refractivity contribution in [2.24, 2.45) is 21.9 Å². The summed E-state index contributed by atoms with van der Waals surface area (Å²) >= 11 is 7.84. The number of amides is 4. The lowest BCUT2D eigenvalue weighted by Gasteiger charge is -2.40. The average molecular weight is 753 g/mol. The van der Waals surface area contributed by atoms with Crippen molar-refractivity contribution in [3.05, 3.63) is 33.8 Å². The van der Waals surface area contributed by atoms with Crippen LogP contribution in [-0.2, 0) is 28.8 Å². The Hall–Kier alpha value is -5.15. The van der Waals surface area contributed by atoms with E-state index in [0.29, 0.717) is 0 Å². The number of benzene rings is 1. The maximum absolute atomic E-state index is 13.8. The number of primary amides is 1. The van der Waals surface area contributed by atoms with Gasteiger partial charge in [-0.2, -0.15) is 5.10 Å². The number of carbonyl (C=O) groups excluding carboxylic acids is 4. The molecule has 1 aromatic heterocycles. The van der Waals surface area contributed by atoms with Crippen molar-refractivity contribution in [3.8, 4) is 11.5 Å². The van der Waals surface area contributed by atoms with Crippen LogP contribution in [0.1, 0.15) is 38.4 Å². The number of thiazole rings is 1. The largest absolute Gasteiger partial charge is 0.504 e. The number of anilines is 1. The number of ketones is 1. The lowest BCUT2D eigenvalue weighted by molar-refractivity contribution is -0.161. The van der Waals surface area contributed by atoms with Crippen molar-refractivity contribution >= 4 is 86.8 Å². The Morgan fingerprint density at radius 1 is 1.18 bits per heavy atom. The van der Waals surface area contributed by atoms with Crippen LogP contribution in [-0.4, -0.2) is 122 Å². The molecule has 4 atom stereocenters. The number of nitrogen functional groups attached to an aromatic ring is 1. The predicted octanol–water partition coefficient (Wildman–Crippen LogP) is 0.661. The van der Waals surface area contributed by atoms with E-state index in [2.05, 4.69) is 15.2 Å². The summed E-state index contributed by atoms with van der Waals surface area (Å²) in [5.74, 6) is -7.73. The number of nitrogens with zero attached hydrogens (tertiary/aromatic N) is 6. The molecule has 3 aliphatic rings. The molecule has 0 radical (unpaired) electrons. The van der Waals surface area contributed by atoms with E-state index < -0.39 is 104 Å². The maximum atomic E-state index is 13.8. The molecule has 4 amide bonds. The van der Waals surface area contributed by atoms with Crippen molar-refractivity contribution in [1.82, 2.24) is 19.8 Å². The molecule has 0 saturated carbocycles. The summed E-state index contributed by atoms with van der Waals surface area (Å²) in [4.78, 5) is 86.7. The van der Waals surface area contributed by atoms with Gasteiger partial charge in [-0.25, -0.2) is 24.4 Å². The van der Waals surface area contributed by atoms with E-state index in [-0.39, 0.29) is 22.9 Å². The molecule has 50 heavy (non-hydrogen) atoms. The number of phenols is 2. The second-order valence-electron chi connectivity index (χ2n) is 11.9. The van der Waals surface area contributed by atoms with Crippen LogP contribution in [0.25, 0.3) is 0 Å². The zero-order chi connectivity index (χ0) is 37.0. The van der Waals surface area contributed by atoms with Crippen molar-refractivity contribution in [3.63, 3.8) is 0 Å². The summed E-state index contributed by atoms with van der Waals surface area (Å²) < 4.78 is 0. The van der Waals surface area contributed by atoms with Crippen LogP contribution in [0.2, 0.25) is 5.02 Å². The van der Waals surface area contributed by atoms with Gasteiger partial charge in [0.25, 0.3) is 5.91 Å².